The Balaban J connectivity index is 1.90. The van der Waals surface area contributed by atoms with Crippen molar-refractivity contribution < 1.29 is 23.4 Å². The van der Waals surface area contributed by atoms with Crippen molar-refractivity contribution in [3.05, 3.63) is 65.0 Å². The Labute approximate surface area is 162 Å². The highest BCUT2D eigenvalue weighted by Gasteiger charge is 2.51. The first kappa shape index (κ1) is 19.6. The highest BCUT2D eigenvalue weighted by atomic mass is 35.5. The van der Waals surface area contributed by atoms with E-state index in [-0.39, 0.29) is 23.7 Å². The average molecular weight is 409 g/mol. The highest BCUT2D eigenvalue weighted by molar-refractivity contribution is 7.89. The molecule has 0 radical (unpaired) electrons. The minimum atomic E-state index is -4.05. The number of benzene rings is 2. The molecule has 0 amide bonds. The van der Waals surface area contributed by atoms with Crippen LogP contribution in [-0.2, 0) is 10.0 Å². The third-order valence-corrected chi connectivity index (χ3v) is 6.50. The van der Waals surface area contributed by atoms with Gasteiger partial charge in [-0.1, -0.05) is 35.9 Å². The Bertz CT molecular complexity index is 974. The van der Waals surface area contributed by atoms with Gasteiger partial charge in [-0.15, -0.1) is 0 Å². The highest BCUT2D eigenvalue weighted by Crippen LogP contribution is 2.33. The second kappa shape index (κ2) is 7.46. The molecule has 9 heteroatoms. The van der Waals surface area contributed by atoms with E-state index in [9.17, 15) is 18.6 Å². The molecule has 1 fully saturated rings. The number of para-hydroxylation sites is 1. The Morgan fingerprint density at radius 2 is 1.93 bits per heavy atom. The predicted octanol–water partition coefficient (Wildman–Crippen LogP) is 2.07. The van der Waals surface area contributed by atoms with Crippen LogP contribution in [0.3, 0.4) is 0 Å². The minimum Gasteiger partial charge on any atom is -0.486 e. The molecule has 2 atom stereocenters. The lowest BCUT2D eigenvalue weighted by Crippen LogP contribution is -2.48. The number of ether oxygens (including phenoxy) is 1. The fraction of sp³-hybridized carbons (Fsp3) is 0.278. The zero-order valence-electron chi connectivity index (χ0n) is 14.1. The number of halogens is 1. The Morgan fingerprint density at radius 1 is 1.26 bits per heavy atom. The van der Waals surface area contributed by atoms with E-state index in [1.54, 1.807) is 30.3 Å². The van der Waals surface area contributed by atoms with Crippen LogP contribution in [0, 0.1) is 6.57 Å². The number of aliphatic hydroxyl groups is 2. The van der Waals surface area contributed by atoms with E-state index in [1.165, 1.54) is 18.2 Å². The standard InChI is InChI=1S/C18H17ClN2O5S/c1-20-15-4-2-3-5-16(15)27(24,25)21-10-17(18(23,11-21)12-22)26-14-8-6-13(19)7-9-14/h2-9,17,22-23H,10-12H2/t17-,18+/m0/s1. The van der Waals surface area contributed by atoms with Gasteiger partial charge in [0.15, 0.2) is 0 Å². The number of nitrogens with zero attached hydrogens (tertiary/aromatic N) is 2. The summed E-state index contributed by atoms with van der Waals surface area (Å²) < 4.78 is 32.7. The van der Waals surface area contributed by atoms with Crippen LogP contribution < -0.4 is 4.74 Å². The maximum Gasteiger partial charge on any atom is 0.233 e. The van der Waals surface area contributed by atoms with Gasteiger partial charge in [0.25, 0.3) is 0 Å². The molecule has 0 aliphatic carbocycles. The number of aliphatic hydroxyl groups excluding tert-OH is 1. The number of hydrogen-bond acceptors (Lipinski definition) is 5. The van der Waals surface area contributed by atoms with Gasteiger partial charge in [-0.2, -0.15) is 4.31 Å². The van der Waals surface area contributed by atoms with Gasteiger partial charge in [0.2, 0.25) is 15.7 Å². The smallest absolute Gasteiger partial charge is 0.233 e. The predicted molar refractivity (Wildman–Crippen MR) is 99.4 cm³/mol. The van der Waals surface area contributed by atoms with Gasteiger partial charge >= 0.3 is 0 Å². The van der Waals surface area contributed by atoms with Crippen molar-refractivity contribution in [3.63, 3.8) is 0 Å². The zero-order valence-corrected chi connectivity index (χ0v) is 15.7. The van der Waals surface area contributed by atoms with E-state index in [1.807, 2.05) is 0 Å². The summed E-state index contributed by atoms with van der Waals surface area (Å²) in [6.45, 7) is 5.97. The van der Waals surface area contributed by atoms with E-state index in [4.69, 9.17) is 22.9 Å². The molecule has 0 unspecified atom stereocenters. The van der Waals surface area contributed by atoms with Crippen LogP contribution in [0.15, 0.2) is 53.4 Å². The molecule has 3 rings (SSSR count). The fourth-order valence-electron chi connectivity index (χ4n) is 2.89. The van der Waals surface area contributed by atoms with E-state index >= 15 is 0 Å². The molecule has 0 bridgehead atoms. The molecule has 2 aromatic carbocycles. The lowest BCUT2D eigenvalue weighted by atomic mass is 10.0. The van der Waals surface area contributed by atoms with E-state index in [0.717, 1.165) is 4.31 Å². The first-order valence-corrected chi connectivity index (χ1v) is 9.84. The maximum atomic E-state index is 13.0. The van der Waals surface area contributed by atoms with Crippen molar-refractivity contribution in [1.82, 2.24) is 4.31 Å². The van der Waals surface area contributed by atoms with Crippen molar-refractivity contribution in [2.45, 2.75) is 16.6 Å². The second-order valence-electron chi connectivity index (χ2n) is 6.20. The van der Waals surface area contributed by atoms with Gasteiger partial charge < -0.3 is 14.9 Å². The van der Waals surface area contributed by atoms with Crippen molar-refractivity contribution in [2.24, 2.45) is 0 Å². The van der Waals surface area contributed by atoms with E-state index in [2.05, 4.69) is 4.85 Å². The third kappa shape index (κ3) is 3.78. The maximum absolute atomic E-state index is 13.0. The molecule has 2 aromatic rings. The van der Waals surface area contributed by atoms with Gasteiger partial charge in [0, 0.05) is 11.6 Å². The number of rotatable bonds is 5. The third-order valence-electron chi connectivity index (χ3n) is 4.39. The molecule has 0 aromatic heterocycles. The van der Waals surface area contributed by atoms with Gasteiger partial charge in [0.05, 0.1) is 24.6 Å². The molecule has 0 saturated carbocycles. The van der Waals surface area contributed by atoms with Crippen molar-refractivity contribution in [3.8, 4) is 5.75 Å². The molecule has 27 heavy (non-hydrogen) atoms. The molecule has 0 spiro atoms. The first-order valence-electron chi connectivity index (χ1n) is 8.02. The molecular formula is C18H17ClN2O5S. The summed E-state index contributed by atoms with van der Waals surface area (Å²) in [4.78, 5) is 3.10. The monoisotopic (exact) mass is 408 g/mol. The van der Waals surface area contributed by atoms with Crippen molar-refractivity contribution >= 4 is 27.3 Å². The Kier molecular flexibility index (Phi) is 5.42. The molecule has 1 aliphatic rings. The molecule has 1 aliphatic heterocycles. The van der Waals surface area contributed by atoms with E-state index < -0.39 is 28.3 Å². The van der Waals surface area contributed by atoms with Gasteiger partial charge in [0.1, 0.15) is 17.5 Å². The molecule has 2 N–H and O–H groups in total. The lowest BCUT2D eigenvalue weighted by Gasteiger charge is -2.27. The van der Waals surface area contributed by atoms with Crippen molar-refractivity contribution in [1.29, 1.82) is 0 Å². The topological polar surface area (TPSA) is 91.4 Å². The molecule has 142 valence electrons. The summed E-state index contributed by atoms with van der Waals surface area (Å²) in [6.07, 6.45) is -0.987. The fourth-order valence-corrected chi connectivity index (χ4v) is 4.65. The minimum absolute atomic E-state index is 0.00731. The van der Waals surface area contributed by atoms with Crippen LogP contribution in [0.2, 0.25) is 5.02 Å². The quantitative estimate of drug-likeness (QED) is 0.739. The SMILES string of the molecule is [C-]#[N+]c1ccccc1S(=O)(=O)N1C[C@H](Oc2ccc(Cl)cc2)[C@](O)(CO)C1. The van der Waals surface area contributed by atoms with Crippen LogP contribution >= 0.6 is 11.6 Å². The largest absolute Gasteiger partial charge is 0.486 e. The lowest BCUT2D eigenvalue weighted by molar-refractivity contribution is -0.0640. The zero-order chi connectivity index (χ0) is 19.7. The summed E-state index contributed by atoms with van der Waals surface area (Å²) in [6, 6.07) is 12.2. The number of sulfonamides is 1. The van der Waals surface area contributed by atoms with Gasteiger partial charge in [-0.25, -0.2) is 13.3 Å². The van der Waals surface area contributed by atoms with Gasteiger partial charge in [-0.3, -0.25) is 0 Å². The summed E-state index contributed by atoms with van der Waals surface area (Å²) in [5, 5.41) is 20.9. The van der Waals surface area contributed by atoms with Crippen LogP contribution in [0.4, 0.5) is 5.69 Å². The van der Waals surface area contributed by atoms with Gasteiger partial charge in [-0.05, 0) is 24.3 Å². The Morgan fingerprint density at radius 3 is 2.56 bits per heavy atom. The first-order chi connectivity index (χ1) is 12.8. The molecule has 1 saturated heterocycles. The van der Waals surface area contributed by atoms with Crippen molar-refractivity contribution in [2.75, 3.05) is 19.7 Å². The number of β-amino-alcohol motifs (C(OH)–C–C–N with tert-alkyl or cyclic N) is 1. The second-order valence-corrected chi connectivity index (χ2v) is 8.54. The summed E-state index contributed by atoms with van der Waals surface area (Å²) in [5.74, 6) is 0.386. The number of hydrogen-bond donors (Lipinski definition) is 2. The molecule has 1 heterocycles. The normalized spacial score (nSPS) is 23.1. The van der Waals surface area contributed by atoms with E-state index in [0.29, 0.717) is 10.8 Å². The molecular weight excluding hydrogens is 392 g/mol. The van der Waals surface area contributed by atoms with Crippen LogP contribution in [0.5, 0.6) is 5.75 Å². The summed E-state index contributed by atoms with van der Waals surface area (Å²) >= 11 is 5.83. The van der Waals surface area contributed by atoms with Crippen LogP contribution in [0.1, 0.15) is 0 Å². The average Bonchev–Trinajstić information content (AvgIpc) is 3.01. The summed E-state index contributed by atoms with van der Waals surface area (Å²) in [5.41, 5.74) is -1.79. The summed E-state index contributed by atoms with van der Waals surface area (Å²) in [7, 11) is -4.05. The molecule has 7 nitrogen and oxygen atoms in total. The Hall–Kier alpha value is -2.15. The van der Waals surface area contributed by atoms with Crippen LogP contribution in [0.25, 0.3) is 4.85 Å². The van der Waals surface area contributed by atoms with Crippen LogP contribution in [-0.4, -0.2) is 54.3 Å².